The van der Waals surface area contributed by atoms with E-state index in [-0.39, 0.29) is 0 Å². The molecule has 1 heterocycles. The number of hydrogen-bond donors (Lipinski definition) is 0. The van der Waals surface area contributed by atoms with Crippen LogP contribution < -0.4 is 0 Å². The fourth-order valence-corrected chi connectivity index (χ4v) is 6.50. The standard InChI is InChI=1S/C41H30N2/c1-2-7-18-34-32(25-24-29-14-8-9-19-33(29)34)28-31(17-4-1)35-26-27-39(37-21-11-10-20-36(35)37)43-40-23-13-12-22-38(40)42-41(43)30-15-5-3-6-16-30/h1-16,19-28H,17-18H2. The van der Waals surface area contributed by atoms with Crippen molar-refractivity contribution >= 4 is 44.2 Å². The van der Waals surface area contributed by atoms with Crippen LogP contribution in [0.25, 0.3) is 61.3 Å². The molecule has 6 aromatic carbocycles. The Bertz CT molecular complexity index is 2230. The van der Waals surface area contributed by atoms with Crippen molar-refractivity contribution < 1.29 is 0 Å². The Labute approximate surface area is 251 Å². The van der Waals surface area contributed by atoms with Gasteiger partial charge in [0.25, 0.3) is 0 Å². The molecule has 7 aromatic rings. The van der Waals surface area contributed by atoms with Gasteiger partial charge in [0.05, 0.1) is 16.7 Å². The van der Waals surface area contributed by atoms with E-state index in [1.54, 1.807) is 0 Å². The second-order valence-electron chi connectivity index (χ2n) is 11.1. The second-order valence-corrected chi connectivity index (χ2v) is 11.1. The molecule has 0 saturated carbocycles. The van der Waals surface area contributed by atoms with Crippen LogP contribution in [0, 0.1) is 0 Å². The SMILES string of the molecule is C1=CCC(c2ccc(-n3c(-c4ccccc4)nc4ccccc43)c3ccccc23)=Cc2ccc3ccccc3c2CC=C1. The zero-order chi connectivity index (χ0) is 28.6. The third-order valence-electron chi connectivity index (χ3n) is 8.53. The van der Waals surface area contributed by atoms with Crippen LogP contribution in [0.1, 0.15) is 23.1 Å². The number of fused-ring (bicyclic) bond motifs is 5. The van der Waals surface area contributed by atoms with Gasteiger partial charge in [-0.15, -0.1) is 0 Å². The molecular formula is C41H30N2. The van der Waals surface area contributed by atoms with Crippen molar-refractivity contribution in [1.82, 2.24) is 9.55 Å². The van der Waals surface area contributed by atoms with Crippen molar-refractivity contribution in [2.45, 2.75) is 12.8 Å². The van der Waals surface area contributed by atoms with E-state index in [4.69, 9.17) is 4.98 Å². The van der Waals surface area contributed by atoms with Gasteiger partial charge in [0.15, 0.2) is 0 Å². The lowest BCUT2D eigenvalue weighted by Gasteiger charge is -2.17. The first-order valence-corrected chi connectivity index (χ1v) is 14.9. The Morgan fingerprint density at radius 2 is 1.28 bits per heavy atom. The van der Waals surface area contributed by atoms with E-state index in [9.17, 15) is 0 Å². The second kappa shape index (κ2) is 10.7. The Kier molecular flexibility index (Phi) is 6.31. The summed E-state index contributed by atoms with van der Waals surface area (Å²) in [6.07, 6.45) is 13.1. The molecule has 0 aliphatic heterocycles. The fourth-order valence-electron chi connectivity index (χ4n) is 6.50. The van der Waals surface area contributed by atoms with Crippen LogP contribution in [0.2, 0.25) is 0 Å². The van der Waals surface area contributed by atoms with Gasteiger partial charge in [0.2, 0.25) is 0 Å². The Hall–Kier alpha value is -5.47. The summed E-state index contributed by atoms with van der Waals surface area (Å²) in [6, 6.07) is 45.6. The van der Waals surface area contributed by atoms with Crippen LogP contribution in [0.15, 0.2) is 152 Å². The zero-order valence-corrected chi connectivity index (χ0v) is 23.8. The lowest BCUT2D eigenvalue weighted by Crippen LogP contribution is -2.00. The van der Waals surface area contributed by atoms with Crippen molar-refractivity contribution in [3.05, 3.63) is 168 Å². The molecule has 1 aliphatic rings. The molecule has 0 N–H and O–H groups in total. The summed E-state index contributed by atoms with van der Waals surface area (Å²) in [4.78, 5) is 5.11. The predicted molar refractivity (Wildman–Crippen MR) is 182 cm³/mol. The van der Waals surface area contributed by atoms with Crippen molar-refractivity contribution in [2.24, 2.45) is 0 Å². The third-order valence-corrected chi connectivity index (χ3v) is 8.53. The van der Waals surface area contributed by atoms with Gasteiger partial charge in [-0.3, -0.25) is 4.57 Å². The predicted octanol–water partition coefficient (Wildman–Crippen LogP) is 10.6. The minimum Gasteiger partial charge on any atom is -0.292 e. The van der Waals surface area contributed by atoms with Gasteiger partial charge in [-0.05, 0) is 69.5 Å². The smallest absolute Gasteiger partial charge is 0.145 e. The molecule has 0 unspecified atom stereocenters. The van der Waals surface area contributed by atoms with Gasteiger partial charge < -0.3 is 0 Å². The van der Waals surface area contributed by atoms with Gasteiger partial charge >= 0.3 is 0 Å². The minimum absolute atomic E-state index is 0.850. The van der Waals surface area contributed by atoms with Gasteiger partial charge in [-0.1, -0.05) is 140 Å². The van der Waals surface area contributed by atoms with E-state index in [2.05, 4.69) is 162 Å². The number of imidazole rings is 1. The molecule has 0 spiro atoms. The Morgan fingerprint density at radius 1 is 0.558 bits per heavy atom. The molecular weight excluding hydrogens is 520 g/mol. The molecule has 0 atom stereocenters. The molecule has 8 rings (SSSR count). The number of nitrogens with zero attached hydrogens (tertiary/aromatic N) is 2. The van der Waals surface area contributed by atoms with Crippen molar-refractivity contribution in [2.75, 3.05) is 0 Å². The fraction of sp³-hybridized carbons (Fsp3) is 0.0488. The number of para-hydroxylation sites is 2. The number of aromatic nitrogens is 2. The average molecular weight is 551 g/mol. The van der Waals surface area contributed by atoms with E-state index in [0.29, 0.717) is 0 Å². The summed E-state index contributed by atoms with van der Waals surface area (Å²) in [6.45, 7) is 0. The maximum atomic E-state index is 5.11. The number of rotatable bonds is 3. The molecule has 2 nitrogen and oxygen atoms in total. The van der Waals surface area contributed by atoms with Crippen molar-refractivity contribution in [3.63, 3.8) is 0 Å². The number of hydrogen-bond acceptors (Lipinski definition) is 1. The van der Waals surface area contributed by atoms with E-state index in [1.165, 1.54) is 43.8 Å². The highest BCUT2D eigenvalue weighted by Crippen LogP contribution is 2.37. The normalized spacial score (nSPS) is 13.3. The van der Waals surface area contributed by atoms with Crippen LogP contribution >= 0.6 is 0 Å². The van der Waals surface area contributed by atoms with Crippen LogP contribution in [0.5, 0.6) is 0 Å². The molecule has 1 aromatic heterocycles. The van der Waals surface area contributed by atoms with Gasteiger partial charge in [-0.2, -0.15) is 0 Å². The maximum Gasteiger partial charge on any atom is 0.145 e. The molecule has 1 aliphatic carbocycles. The van der Waals surface area contributed by atoms with Crippen LogP contribution in [0.4, 0.5) is 0 Å². The molecule has 43 heavy (non-hydrogen) atoms. The van der Waals surface area contributed by atoms with Crippen LogP contribution in [0.3, 0.4) is 0 Å². The summed E-state index contributed by atoms with van der Waals surface area (Å²) in [5.41, 5.74) is 9.57. The van der Waals surface area contributed by atoms with Gasteiger partial charge in [-0.25, -0.2) is 4.98 Å². The first-order valence-electron chi connectivity index (χ1n) is 14.9. The summed E-state index contributed by atoms with van der Waals surface area (Å²) in [5.74, 6) is 0.952. The maximum absolute atomic E-state index is 5.11. The topological polar surface area (TPSA) is 17.8 Å². The molecule has 0 fully saturated rings. The lowest BCUT2D eigenvalue weighted by atomic mass is 9.90. The van der Waals surface area contributed by atoms with E-state index >= 15 is 0 Å². The number of allylic oxidation sites excluding steroid dienone is 5. The van der Waals surface area contributed by atoms with Gasteiger partial charge in [0.1, 0.15) is 5.82 Å². The third kappa shape index (κ3) is 4.49. The zero-order valence-electron chi connectivity index (χ0n) is 23.8. The van der Waals surface area contributed by atoms with Crippen molar-refractivity contribution in [3.8, 4) is 17.1 Å². The molecule has 0 radical (unpaired) electrons. The minimum atomic E-state index is 0.850. The summed E-state index contributed by atoms with van der Waals surface area (Å²) < 4.78 is 2.32. The first-order chi connectivity index (χ1) is 21.3. The van der Waals surface area contributed by atoms with Crippen molar-refractivity contribution in [1.29, 1.82) is 0 Å². The number of benzene rings is 6. The molecule has 0 amide bonds. The van der Waals surface area contributed by atoms with Crippen LogP contribution in [-0.2, 0) is 6.42 Å². The molecule has 0 saturated heterocycles. The summed E-state index contributed by atoms with van der Waals surface area (Å²) in [5, 5.41) is 5.06. The first kappa shape index (κ1) is 25.3. The monoisotopic (exact) mass is 550 g/mol. The van der Waals surface area contributed by atoms with Gasteiger partial charge in [0, 0.05) is 10.9 Å². The average Bonchev–Trinajstić information content (AvgIpc) is 3.46. The van der Waals surface area contributed by atoms with E-state index in [0.717, 1.165) is 41.0 Å². The highest BCUT2D eigenvalue weighted by Gasteiger charge is 2.18. The highest BCUT2D eigenvalue weighted by atomic mass is 15.1. The summed E-state index contributed by atoms with van der Waals surface area (Å²) in [7, 11) is 0. The summed E-state index contributed by atoms with van der Waals surface area (Å²) >= 11 is 0. The largest absolute Gasteiger partial charge is 0.292 e. The van der Waals surface area contributed by atoms with Crippen LogP contribution in [-0.4, -0.2) is 9.55 Å². The molecule has 0 bridgehead atoms. The quantitative estimate of drug-likeness (QED) is 0.214. The highest BCUT2D eigenvalue weighted by molar-refractivity contribution is 6.03. The Morgan fingerprint density at radius 3 is 2.16 bits per heavy atom. The van der Waals surface area contributed by atoms with E-state index in [1.807, 2.05) is 0 Å². The lowest BCUT2D eigenvalue weighted by molar-refractivity contribution is 1.11. The molecule has 204 valence electrons. The molecule has 2 heteroatoms. The Balaban J connectivity index is 1.36. The van der Waals surface area contributed by atoms with E-state index < -0.39 is 0 Å².